The minimum Gasteiger partial charge on any atom is -0.462 e. The second-order valence-electron chi connectivity index (χ2n) is 4.98. The third-order valence-electron chi connectivity index (χ3n) is 3.32. The Bertz CT molecular complexity index is 904. The van der Waals surface area contributed by atoms with Crippen LogP contribution < -0.4 is 10.2 Å². The molecule has 1 aliphatic heterocycles. The van der Waals surface area contributed by atoms with Crippen LogP contribution in [0.15, 0.2) is 40.3 Å². The van der Waals surface area contributed by atoms with E-state index in [1.807, 2.05) is 0 Å². The van der Waals surface area contributed by atoms with Crippen molar-refractivity contribution in [1.29, 1.82) is 0 Å². The van der Waals surface area contributed by atoms with Gasteiger partial charge < -0.3 is 4.42 Å². The highest BCUT2D eigenvalue weighted by Crippen LogP contribution is 2.34. The summed E-state index contributed by atoms with van der Waals surface area (Å²) in [5, 5.41) is 2.84. The number of amides is 2. The van der Waals surface area contributed by atoms with E-state index in [4.69, 9.17) is 39.8 Å². The first-order chi connectivity index (χ1) is 11.4. The van der Waals surface area contributed by atoms with Crippen molar-refractivity contribution in [1.82, 2.24) is 5.32 Å². The highest BCUT2D eigenvalue weighted by atomic mass is 35.5. The molecule has 0 radical (unpaired) electrons. The molecule has 8 heteroatoms. The van der Waals surface area contributed by atoms with Gasteiger partial charge in [-0.25, -0.2) is 0 Å². The molecule has 1 saturated heterocycles. The molecule has 1 fully saturated rings. The molecule has 2 amide bonds. The van der Waals surface area contributed by atoms with E-state index in [0.717, 1.165) is 4.90 Å². The van der Waals surface area contributed by atoms with Crippen LogP contribution >= 0.6 is 35.4 Å². The molecular formula is C16H10Cl2N2O3S. The van der Waals surface area contributed by atoms with Crippen molar-refractivity contribution in [2.45, 2.75) is 6.92 Å². The van der Waals surface area contributed by atoms with Crippen molar-refractivity contribution in [2.24, 2.45) is 0 Å². The number of thiocarbonyl (C=S) groups is 1. The molecule has 0 spiro atoms. The molecule has 1 N–H and O–H groups in total. The first-order valence-electron chi connectivity index (χ1n) is 6.80. The molecule has 0 aliphatic carbocycles. The van der Waals surface area contributed by atoms with Gasteiger partial charge in [0.2, 0.25) is 0 Å². The third-order valence-corrected chi connectivity index (χ3v) is 4.42. The van der Waals surface area contributed by atoms with Crippen molar-refractivity contribution in [3.8, 4) is 0 Å². The fourth-order valence-corrected chi connectivity index (χ4v) is 2.87. The topological polar surface area (TPSA) is 62.6 Å². The van der Waals surface area contributed by atoms with Gasteiger partial charge in [0.05, 0.1) is 15.7 Å². The van der Waals surface area contributed by atoms with Crippen molar-refractivity contribution >= 4 is 64.1 Å². The van der Waals surface area contributed by atoms with Gasteiger partial charge in [0.15, 0.2) is 5.11 Å². The summed E-state index contributed by atoms with van der Waals surface area (Å²) < 4.78 is 5.39. The van der Waals surface area contributed by atoms with Crippen LogP contribution in [0.2, 0.25) is 10.0 Å². The Morgan fingerprint density at radius 3 is 2.62 bits per heavy atom. The average molecular weight is 381 g/mol. The SMILES string of the molecule is Cc1ccc(/C=C2\C(=O)NC(=S)N(c3cccc(Cl)c3Cl)C2=O)o1. The van der Waals surface area contributed by atoms with E-state index in [1.54, 1.807) is 37.3 Å². The van der Waals surface area contributed by atoms with Gasteiger partial charge in [-0.2, -0.15) is 0 Å². The van der Waals surface area contributed by atoms with E-state index in [1.165, 1.54) is 6.08 Å². The van der Waals surface area contributed by atoms with Crippen LogP contribution in [0.1, 0.15) is 11.5 Å². The number of aryl methyl sites for hydroxylation is 1. The Morgan fingerprint density at radius 1 is 1.21 bits per heavy atom. The molecule has 0 unspecified atom stereocenters. The summed E-state index contributed by atoms with van der Waals surface area (Å²) in [5.41, 5.74) is 0.176. The number of furan rings is 1. The van der Waals surface area contributed by atoms with Gasteiger partial charge in [-0.3, -0.25) is 19.8 Å². The van der Waals surface area contributed by atoms with Crippen molar-refractivity contribution < 1.29 is 14.0 Å². The molecule has 1 aromatic carbocycles. The average Bonchev–Trinajstić information content (AvgIpc) is 2.93. The Hall–Kier alpha value is -2.15. The fraction of sp³-hybridized carbons (Fsp3) is 0.0625. The normalized spacial score (nSPS) is 16.7. The summed E-state index contributed by atoms with van der Waals surface area (Å²) in [7, 11) is 0. The molecule has 3 rings (SSSR count). The maximum atomic E-state index is 12.8. The largest absolute Gasteiger partial charge is 0.462 e. The Labute approximate surface area is 152 Å². The summed E-state index contributed by atoms with van der Waals surface area (Å²) in [6.45, 7) is 1.76. The molecular weight excluding hydrogens is 371 g/mol. The lowest BCUT2D eigenvalue weighted by Crippen LogP contribution is -2.54. The van der Waals surface area contributed by atoms with E-state index in [2.05, 4.69) is 5.32 Å². The van der Waals surface area contributed by atoms with Gasteiger partial charge in [-0.15, -0.1) is 0 Å². The minimum atomic E-state index is -0.609. The van der Waals surface area contributed by atoms with Crippen LogP contribution in [-0.4, -0.2) is 16.9 Å². The van der Waals surface area contributed by atoms with Gasteiger partial charge in [0, 0.05) is 0 Å². The van der Waals surface area contributed by atoms with Crippen LogP contribution in [0, 0.1) is 6.92 Å². The van der Waals surface area contributed by atoms with Gasteiger partial charge in [-0.05, 0) is 49.5 Å². The lowest BCUT2D eigenvalue weighted by molar-refractivity contribution is -0.122. The lowest BCUT2D eigenvalue weighted by atomic mass is 10.1. The van der Waals surface area contributed by atoms with E-state index in [-0.39, 0.29) is 20.7 Å². The standard InChI is InChI=1S/C16H10Cl2N2O3S/c1-8-5-6-9(23-8)7-10-14(21)19-16(24)20(15(10)22)12-4-2-3-11(17)13(12)18/h2-7H,1H3,(H,19,21,24)/b10-7+. The molecule has 0 atom stereocenters. The maximum absolute atomic E-state index is 12.8. The number of benzene rings is 1. The number of rotatable bonds is 2. The molecule has 2 heterocycles. The number of carbonyl (C=O) groups is 2. The molecule has 24 heavy (non-hydrogen) atoms. The summed E-state index contributed by atoms with van der Waals surface area (Å²) in [6, 6.07) is 8.20. The number of halogens is 2. The predicted octanol–water partition coefficient (Wildman–Crippen LogP) is 3.73. The fourth-order valence-electron chi connectivity index (χ4n) is 2.21. The van der Waals surface area contributed by atoms with Crippen LogP contribution in [0.25, 0.3) is 6.08 Å². The van der Waals surface area contributed by atoms with E-state index < -0.39 is 11.8 Å². The number of anilines is 1. The second kappa shape index (κ2) is 6.39. The maximum Gasteiger partial charge on any atom is 0.270 e. The zero-order valence-electron chi connectivity index (χ0n) is 12.3. The van der Waals surface area contributed by atoms with Crippen molar-refractivity contribution in [3.05, 3.63) is 57.5 Å². The molecule has 1 aliphatic rings. The van der Waals surface area contributed by atoms with E-state index in [0.29, 0.717) is 17.2 Å². The van der Waals surface area contributed by atoms with Crippen LogP contribution in [0.3, 0.4) is 0 Å². The molecule has 122 valence electrons. The Kier molecular flexibility index (Phi) is 4.45. The number of nitrogens with one attached hydrogen (secondary N) is 1. The third kappa shape index (κ3) is 2.96. The monoisotopic (exact) mass is 380 g/mol. The minimum absolute atomic E-state index is 0.0676. The second-order valence-corrected chi connectivity index (χ2v) is 6.15. The number of nitrogens with zero attached hydrogens (tertiary/aromatic N) is 1. The first kappa shape index (κ1) is 16.7. The summed E-state index contributed by atoms with van der Waals surface area (Å²) in [4.78, 5) is 26.1. The van der Waals surface area contributed by atoms with E-state index in [9.17, 15) is 9.59 Å². The number of hydrogen-bond donors (Lipinski definition) is 1. The Morgan fingerprint density at radius 2 is 1.96 bits per heavy atom. The van der Waals surface area contributed by atoms with Gasteiger partial charge in [0.25, 0.3) is 11.8 Å². The van der Waals surface area contributed by atoms with Gasteiger partial charge in [-0.1, -0.05) is 29.3 Å². The van der Waals surface area contributed by atoms with Gasteiger partial charge in [0.1, 0.15) is 17.1 Å². The van der Waals surface area contributed by atoms with Crippen LogP contribution in [0.5, 0.6) is 0 Å². The molecule has 0 saturated carbocycles. The number of carbonyl (C=O) groups excluding carboxylic acids is 2. The molecule has 1 aromatic heterocycles. The van der Waals surface area contributed by atoms with Crippen LogP contribution in [0.4, 0.5) is 5.69 Å². The summed E-state index contributed by atoms with van der Waals surface area (Å²) in [5.74, 6) is -0.165. The van der Waals surface area contributed by atoms with E-state index >= 15 is 0 Å². The smallest absolute Gasteiger partial charge is 0.270 e. The van der Waals surface area contributed by atoms with Crippen molar-refractivity contribution in [3.63, 3.8) is 0 Å². The van der Waals surface area contributed by atoms with Gasteiger partial charge >= 0.3 is 0 Å². The Balaban J connectivity index is 2.06. The predicted molar refractivity (Wildman–Crippen MR) is 96.1 cm³/mol. The quantitative estimate of drug-likeness (QED) is 0.489. The van der Waals surface area contributed by atoms with Crippen LogP contribution in [-0.2, 0) is 9.59 Å². The molecule has 0 bridgehead atoms. The van der Waals surface area contributed by atoms with Crippen molar-refractivity contribution in [2.75, 3.05) is 4.90 Å². The molecule has 2 aromatic rings. The molecule has 5 nitrogen and oxygen atoms in total. The zero-order chi connectivity index (χ0) is 17.4. The zero-order valence-corrected chi connectivity index (χ0v) is 14.6. The number of hydrogen-bond acceptors (Lipinski definition) is 4. The summed E-state index contributed by atoms with van der Waals surface area (Å²) in [6.07, 6.45) is 1.36. The highest BCUT2D eigenvalue weighted by Gasteiger charge is 2.35. The first-order valence-corrected chi connectivity index (χ1v) is 7.97. The summed E-state index contributed by atoms with van der Waals surface area (Å²) >= 11 is 17.3. The lowest BCUT2D eigenvalue weighted by Gasteiger charge is -2.29. The highest BCUT2D eigenvalue weighted by molar-refractivity contribution is 7.80.